The van der Waals surface area contributed by atoms with Crippen LogP contribution in [-0.4, -0.2) is 13.6 Å². The maximum absolute atomic E-state index is 3.36. The second-order valence-corrected chi connectivity index (χ2v) is 6.38. The summed E-state index contributed by atoms with van der Waals surface area (Å²) in [6.45, 7) is 4.41. The molecule has 3 rings (SSSR count). The summed E-state index contributed by atoms with van der Waals surface area (Å²) in [7, 11) is 2.03. The summed E-state index contributed by atoms with van der Waals surface area (Å²) < 4.78 is 0. The first-order valence-electron chi connectivity index (χ1n) is 7.39. The molecule has 1 atom stereocenters. The van der Waals surface area contributed by atoms with Crippen LogP contribution < -0.4 is 10.2 Å². The van der Waals surface area contributed by atoms with Crippen LogP contribution in [0, 0.1) is 0 Å². The lowest BCUT2D eigenvalue weighted by Gasteiger charge is -2.29. The van der Waals surface area contributed by atoms with E-state index in [0.717, 1.165) is 19.5 Å². The Morgan fingerprint density at radius 3 is 2.75 bits per heavy atom. The number of rotatable bonds is 4. The molecule has 2 nitrogen and oxygen atoms in total. The van der Waals surface area contributed by atoms with Crippen molar-refractivity contribution >= 4 is 17.0 Å². The van der Waals surface area contributed by atoms with Crippen LogP contribution in [0.3, 0.4) is 0 Å². The molecule has 1 N–H and O–H groups in total. The van der Waals surface area contributed by atoms with E-state index in [-0.39, 0.29) is 0 Å². The number of fused-ring (bicyclic) bond motifs is 1. The molecule has 0 saturated carbocycles. The molecule has 0 spiro atoms. The number of thiophene rings is 1. The van der Waals surface area contributed by atoms with Crippen molar-refractivity contribution in [2.24, 2.45) is 0 Å². The highest BCUT2D eigenvalue weighted by atomic mass is 32.1. The molecule has 0 bridgehead atoms. The Hall–Kier alpha value is -1.32. The molecule has 20 heavy (non-hydrogen) atoms. The van der Waals surface area contributed by atoms with Crippen LogP contribution in [0.1, 0.15) is 35.4 Å². The monoisotopic (exact) mass is 286 g/mol. The topological polar surface area (TPSA) is 15.3 Å². The fraction of sp³-hybridized carbons (Fsp3) is 0.412. The lowest BCUT2D eigenvalue weighted by atomic mass is 10.0. The third-order valence-corrected chi connectivity index (χ3v) is 5.25. The lowest BCUT2D eigenvalue weighted by molar-refractivity contribution is 0.577. The molecule has 1 aliphatic rings. The van der Waals surface area contributed by atoms with Crippen molar-refractivity contribution in [2.45, 2.75) is 32.4 Å². The Balaban J connectivity index is 1.75. The van der Waals surface area contributed by atoms with E-state index in [1.165, 1.54) is 23.2 Å². The molecule has 2 aromatic rings. The summed E-state index contributed by atoms with van der Waals surface area (Å²) in [5.41, 5.74) is 4.23. The van der Waals surface area contributed by atoms with Gasteiger partial charge in [0.2, 0.25) is 0 Å². The predicted molar refractivity (Wildman–Crippen MR) is 87.6 cm³/mol. The maximum Gasteiger partial charge on any atom is 0.0440 e. The van der Waals surface area contributed by atoms with Crippen LogP contribution in [0.2, 0.25) is 0 Å². The third-order valence-electron chi connectivity index (χ3n) is 4.22. The molecular weight excluding hydrogens is 264 g/mol. The predicted octanol–water partition coefficient (Wildman–Crippen LogP) is 3.98. The molecule has 1 aromatic carbocycles. The number of anilines is 1. The van der Waals surface area contributed by atoms with E-state index >= 15 is 0 Å². The molecule has 0 amide bonds. The van der Waals surface area contributed by atoms with Gasteiger partial charge < -0.3 is 10.2 Å². The van der Waals surface area contributed by atoms with Gasteiger partial charge in [-0.1, -0.05) is 19.1 Å². The van der Waals surface area contributed by atoms with Gasteiger partial charge >= 0.3 is 0 Å². The van der Waals surface area contributed by atoms with Crippen LogP contribution >= 0.6 is 11.3 Å². The molecule has 1 aromatic heterocycles. The highest BCUT2D eigenvalue weighted by Crippen LogP contribution is 2.28. The first kappa shape index (κ1) is 13.7. The maximum atomic E-state index is 3.36. The van der Waals surface area contributed by atoms with Crippen LogP contribution in [0.4, 0.5) is 5.69 Å². The van der Waals surface area contributed by atoms with Crippen molar-refractivity contribution in [1.29, 1.82) is 0 Å². The number of hydrogen-bond acceptors (Lipinski definition) is 3. The standard InChI is InChI=1S/C17H22N2S/c1-3-16(18-2)13-4-6-15(7-5-13)19-10-8-17-14(12-19)9-11-20-17/h4-7,9,11,16,18H,3,8,10,12H2,1-2H3. The average Bonchev–Trinajstić information content (AvgIpc) is 2.96. The SMILES string of the molecule is CCC(NC)c1ccc(N2CCc3sccc3C2)cc1. The minimum absolute atomic E-state index is 0.467. The highest BCUT2D eigenvalue weighted by Gasteiger charge is 2.17. The first-order valence-corrected chi connectivity index (χ1v) is 8.27. The van der Waals surface area contributed by atoms with Gasteiger partial charge in [0.1, 0.15) is 0 Å². The van der Waals surface area contributed by atoms with Crippen molar-refractivity contribution < 1.29 is 0 Å². The van der Waals surface area contributed by atoms with E-state index in [4.69, 9.17) is 0 Å². The zero-order chi connectivity index (χ0) is 13.9. The van der Waals surface area contributed by atoms with Gasteiger partial charge in [0.05, 0.1) is 0 Å². The summed E-state index contributed by atoms with van der Waals surface area (Å²) in [5.74, 6) is 0. The van der Waals surface area contributed by atoms with Crippen LogP contribution in [0.5, 0.6) is 0 Å². The quantitative estimate of drug-likeness (QED) is 0.914. The Kier molecular flexibility index (Phi) is 4.08. The van der Waals surface area contributed by atoms with Crippen molar-refractivity contribution in [2.75, 3.05) is 18.5 Å². The highest BCUT2D eigenvalue weighted by molar-refractivity contribution is 7.10. The van der Waals surface area contributed by atoms with E-state index in [0.29, 0.717) is 6.04 Å². The van der Waals surface area contributed by atoms with Gasteiger partial charge in [-0.2, -0.15) is 0 Å². The zero-order valence-corrected chi connectivity index (χ0v) is 13.0. The van der Waals surface area contributed by atoms with Crippen molar-refractivity contribution in [3.05, 3.63) is 51.7 Å². The molecule has 1 aliphatic heterocycles. The van der Waals surface area contributed by atoms with Crippen LogP contribution in [-0.2, 0) is 13.0 Å². The Morgan fingerprint density at radius 1 is 1.25 bits per heavy atom. The van der Waals surface area contributed by atoms with Gasteiger partial charge in [-0.25, -0.2) is 0 Å². The molecule has 0 saturated heterocycles. The smallest absolute Gasteiger partial charge is 0.0440 e. The summed E-state index contributed by atoms with van der Waals surface area (Å²) >= 11 is 1.90. The molecular formula is C17H22N2S. The fourth-order valence-corrected chi connectivity index (χ4v) is 3.88. The van der Waals surface area contributed by atoms with Gasteiger partial charge in [0.25, 0.3) is 0 Å². The van der Waals surface area contributed by atoms with Crippen molar-refractivity contribution in [1.82, 2.24) is 5.32 Å². The minimum atomic E-state index is 0.467. The number of nitrogens with zero attached hydrogens (tertiary/aromatic N) is 1. The van der Waals surface area contributed by atoms with Crippen LogP contribution in [0.15, 0.2) is 35.7 Å². The Bertz CT molecular complexity index is 555. The van der Waals surface area contributed by atoms with Gasteiger partial charge in [-0.15, -0.1) is 11.3 Å². The number of hydrogen-bond donors (Lipinski definition) is 1. The third kappa shape index (κ3) is 2.60. The van der Waals surface area contributed by atoms with Gasteiger partial charge in [0.15, 0.2) is 0 Å². The summed E-state index contributed by atoms with van der Waals surface area (Å²) in [5, 5.41) is 5.58. The molecule has 3 heteroatoms. The first-order chi connectivity index (χ1) is 9.81. The lowest BCUT2D eigenvalue weighted by Crippen LogP contribution is -2.29. The number of nitrogens with one attached hydrogen (secondary N) is 1. The van der Waals surface area contributed by atoms with E-state index < -0.39 is 0 Å². The van der Waals surface area contributed by atoms with E-state index in [9.17, 15) is 0 Å². The van der Waals surface area contributed by atoms with E-state index in [1.54, 1.807) is 4.88 Å². The molecule has 0 aliphatic carbocycles. The summed E-state index contributed by atoms with van der Waals surface area (Å²) in [4.78, 5) is 4.05. The van der Waals surface area contributed by atoms with E-state index in [1.807, 2.05) is 18.4 Å². The summed E-state index contributed by atoms with van der Waals surface area (Å²) in [6, 6.07) is 11.8. The van der Waals surface area contributed by atoms with Gasteiger partial charge in [-0.3, -0.25) is 0 Å². The minimum Gasteiger partial charge on any atom is -0.367 e. The Morgan fingerprint density at radius 2 is 2.05 bits per heavy atom. The van der Waals surface area contributed by atoms with Crippen molar-refractivity contribution in [3.8, 4) is 0 Å². The van der Waals surface area contributed by atoms with Crippen LogP contribution in [0.25, 0.3) is 0 Å². The largest absolute Gasteiger partial charge is 0.367 e. The van der Waals surface area contributed by atoms with Gasteiger partial charge in [-0.05, 0) is 54.6 Å². The second-order valence-electron chi connectivity index (χ2n) is 5.38. The second kappa shape index (κ2) is 5.98. The van der Waals surface area contributed by atoms with Crippen molar-refractivity contribution in [3.63, 3.8) is 0 Å². The molecule has 0 radical (unpaired) electrons. The molecule has 1 unspecified atom stereocenters. The summed E-state index contributed by atoms with van der Waals surface area (Å²) in [6.07, 6.45) is 2.31. The molecule has 0 fully saturated rings. The average molecular weight is 286 g/mol. The molecule has 106 valence electrons. The zero-order valence-electron chi connectivity index (χ0n) is 12.2. The van der Waals surface area contributed by atoms with Gasteiger partial charge in [0, 0.05) is 29.7 Å². The number of benzene rings is 1. The fourth-order valence-electron chi connectivity index (χ4n) is 2.99. The Labute approximate surface area is 125 Å². The van der Waals surface area contributed by atoms with E-state index in [2.05, 4.69) is 52.9 Å². The molecule has 2 heterocycles. The normalized spacial score (nSPS) is 16.0.